The summed E-state index contributed by atoms with van der Waals surface area (Å²) in [6, 6.07) is 13.6. The number of ether oxygens (including phenoxy) is 1. The van der Waals surface area contributed by atoms with Crippen molar-refractivity contribution < 1.29 is 37.4 Å². The van der Waals surface area contributed by atoms with E-state index in [1.165, 1.54) is 47.7 Å². The summed E-state index contributed by atoms with van der Waals surface area (Å²) in [6.45, 7) is 0. The number of hydrazone groups is 1. The van der Waals surface area contributed by atoms with Gasteiger partial charge in [0.1, 0.15) is 10.6 Å². The molecule has 34 heavy (non-hydrogen) atoms. The van der Waals surface area contributed by atoms with Crippen LogP contribution in [0.5, 0.6) is 5.75 Å². The number of halogens is 3. The maximum atomic E-state index is 13.6. The molecule has 2 heterocycles. The van der Waals surface area contributed by atoms with Gasteiger partial charge < -0.3 is 9.84 Å². The van der Waals surface area contributed by atoms with Crippen LogP contribution in [-0.2, 0) is 4.79 Å². The monoisotopic (exact) mass is 486 g/mol. The second kappa shape index (κ2) is 8.94. The molecule has 2 aromatic carbocycles. The minimum Gasteiger partial charge on any atom is -0.478 e. The van der Waals surface area contributed by atoms with Crippen LogP contribution in [0.3, 0.4) is 0 Å². The lowest BCUT2D eigenvalue weighted by Crippen LogP contribution is -2.25. The molecule has 0 aliphatic carbocycles. The molecule has 0 radical (unpaired) electrons. The van der Waals surface area contributed by atoms with E-state index in [1.54, 1.807) is 17.5 Å². The van der Waals surface area contributed by atoms with Gasteiger partial charge >= 0.3 is 18.1 Å². The Bertz CT molecular complexity index is 1310. The Morgan fingerprint density at radius 3 is 2.26 bits per heavy atom. The van der Waals surface area contributed by atoms with Crippen molar-refractivity contribution in [3.05, 3.63) is 87.6 Å². The Hall–Kier alpha value is -4.25. The molecule has 0 unspecified atom stereocenters. The van der Waals surface area contributed by atoms with E-state index in [9.17, 15) is 27.6 Å². The van der Waals surface area contributed by atoms with Crippen molar-refractivity contribution in [2.75, 3.05) is 5.01 Å². The van der Waals surface area contributed by atoms with Gasteiger partial charge in [-0.25, -0.2) is 9.59 Å². The van der Waals surface area contributed by atoms with Gasteiger partial charge in [0, 0.05) is 0 Å². The van der Waals surface area contributed by atoms with E-state index in [-0.39, 0.29) is 22.6 Å². The Morgan fingerprint density at radius 2 is 1.71 bits per heavy atom. The highest BCUT2D eigenvalue weighted by Crippen LogP contribution is 2.33. The molecule has 1 amide bonds. The highest BCUT2D eigenvalue weighted by Gasteiger charge is 2.46. The van der Waals surface area contributed by atoms with Gasteiger partial charge in [0.15, 0.2) is 5.71 Å². The van der Waals surface area contributed by atoms with Crippen LogP contribution in [0.4, 0.5) is 18.9 Å². The van der Waals surface area contributed by atoms with E-state index in [1.807, 2.05) is 0 Å². The maximum Gasteiger partial charge on any atom is 0.435 e. The molecule has 0 spiro atoms. The van der Waals surface area contributed by atoms with E-state index in [0.29, 0.717) is 9.89 Å². The first-order valence-electron chi connectivity index (χ1n) is 9.55. The van der Waals surface area contributed by atoms with Gasteiger partial charge in [0.2, 0.25) is 0 Å². The fourth-order valence-corrected chi connectivity index (χ4v) is 3.62. The summed E-state index contributed by atoms with van der Waals surface area (Å²) < 4.78 is 46.0. The third-order valence-corrected chi connectivity index (χ3v) is 5.48. The molecule has 0 saturated carbocycles. The zero-order valence-corrected chi connectivity index (χ0v) is 17.8. The fourth-order valence-electron chi connectivity index (χ4n) is 3.03. The normalized spacial score (nSPS) is 14.9. The minimum absolute atomic E-state index is 0.0176. The van der Waals surface area contributed by atoms with E-state index in [4.69, 9.17) is 9.84 Å². The number of alkyl halides is 3. The lowest BCUT2D eigenvalue weighted by molar-refractivity contribution is -0.114. The summed E-state index contributed by atoms with van der Waals surface area (Å²) in [4.78, 5) is 36.2. The Labute approximate surface area is 194 Å². The average molecular weight is 486 g/mol. The van der Waals surface area contributed by atoms with Gasteiger partial charge in [-0.3, -0.25) is 4.79 Å². The molecule has 172 valence electrons. The van der Waals surface area contributed by atoms with Crippen LogP contribution in [0.2, 0.25) is 0 Å². The maximum absolute atomic E-state index is 13.6. The highest BCUT2D eigenvalue weighted by molar-refractivity contribution is 7.12. The van der Waals surface area contributed by atoms with Gasteiger partial charge in [0.05, 0.1) is 16.8 Å². The number of amides is 1. The van der Waals surface area contributed by atoms with Crippen LogP contribution in [-0.4, -0.2) is 34.8 Å². The smallest absolute Gasteiger partial charge is 0.435 e. The molecular weight excluding hydrogens is 473 g/mol. The van der Waals surface area contributed by atoms with Crippen LogP contribution in [0.1, 0.15) is 25.6 Å². The topological polar surface area (TPSA) is 96.3 Å². The molecule has 0 fully saturated rings. The first-order chi connectivity index (χ1) is 16.1. The summed E-state index contributed by atoms with van der Waals surface area (Å²) in [7, 11) is 0. The number of carboxylic acids is 1. The van der Waals surface area contributed by atoms with E-state index in [0.717, 1.165) is 18.2 Å². The predicted octanol–water partition coefficient (Wildman–Crippen LogP) is 5.01. The molecule has 3 aromatic rings. The van der Waals surface area contributed by atoms with E-state index >= 15 is 0 Å². The number of benzene rings is 2. The van der Waals surface area contributed by atoms with Crippen molar-refractivity contribution in [3.8, 4) is 5.75 Å². The molecule has 1 N–H and O–H groups in total. The third kappa shape index (κ3) is 4.74. The molecule has 4 rings (SSSR count). The molecule has 1 aromatic heterocycles. The summed E-state index contributed by atoms with van der Waals surface area (Å²) in [6.07, 6.45) is -3.88. The van der Waals surface area contributed by atoms with Crippen LogP contribution in [0, 0.1) is 0 Å². The molecule has 1 aliphatic rings. The number of carbonyl (C=O) groups is 3. The molecule has 0 bridgehead atoms. The number of thiophene rings is 1. The van der Waals surface area contributed by atoms with Crippen molar-refractivity contribution in [3.63, 3.8) is 0 Å². The summed E-state index contributed by atoms with van der Waals surface area (Å²) in [5.41, 5.74) is -1.92. The zero-order valence-electron chi connectivity index (χ0n) is 16.9. The molecular formula is C23H13F3N2O5S. The van der Waals surface area contributed by atoms with Crippen LogP contribution in [0.15, 0.2) is 76.7 Å². The second-order valence-electron chi connectivity index (χ2n) is 6.91. The summed E-state index contributed by atoms with van der Waals surface area (Å²) >= 11 is 1.20. The largest absolute Gasteiger partial charge is 0.478 e. The van der Waals surface area contributed by atoms with Crippen LogP contribution in [0.25, 0.3) is 6.08 Å². The van der Waals surface area contributed by atoms with Crippen LogP contribution < -0.4 is 9.75 Å². The second-order valence-corrected chi connectivity index (χ2v) is 7.86. The molecule has 7 nitrogen and oxygen atoms in total. The number of nitrogens with zero attached hydrogens (tertiary/aromatic N) is 2. The number of rotatable bonds is 5. The summed E-state index contributed by atoms with van der Waals surface area (Å²) in [5.74, 6) is -2.63. The molecule has 0 atom stereocenters. The lowest BCUT2D eigenvalue weighted by atomic mass is 10.1. The average Bonchev–Trinajstić information content (AvgIpc) is 3.44. The third-order valence-electron chi connectivity index (χ3n) is 4.63. The van der Waals surface area contributed by atoms with Crippen molar-refractivity contribution in [2.45, 2.75) is 6.18 Å². The number of anilines is 1. The number of hydrogen-bond donors (Lipinski definition) is 1. The van der Waals surface area contributed by atoms with Gasteiger partial charge in [0.25, 0.3) is 5.91 Å². The number of esters is 1. The Kier molecular flexibility index (Phi) is 6.03. The fraction of sp³-hybridized carbons (Fsp3) is 0.0435. The number of carbonyl (C=O) groups excluding carboxylic acids is 2. The van der Waals surface area contributed by atoms with Gasteiger partial charge in [-0.15, -0.1) is 11.3 Å². The van der Waals surface area contributed by atoms with Crippen molar-refractivity contribution in [2.24, 2.45) is 5.10 Å². The Balaban J connectivity index is 1.60. The van der Waals surface area contributed by atoms with Gasteiger partial charge in [-0.2, -0.15) is 23.3 Å². The number of hydrogen-bond acceptors (Lipinski definition) is 6. The van der Waals surface area contributed by atoms with Gasteiger partial charge in [-0.1, -0.05) is 18.2 Å². The van der Waals surface area contributed by atoms with E-state index in [2.05, 4.69) is 5.10 Å². The zero-order chi connectivity index (χ0) is 24.5. The minimum atomic E-state index is -4.91. The quantitative estimate of drug-likeness (QED) is 0.311. The lowest BCUT2D eigenvalue weighted by Gasteiger charge is -2.11. The summed E-state index contributed by atoms with van der Waals surface area (Å²) in [5, 5.41) is 14.7. The number of aromatic carboxylic acids is 1. The first kappa shape index (κ1) is 22.9. The van der Waals surface area contributed by atoms with Crippen molar-refractivity contribution in [1.29, 1.82) is 0 Å². The standard InChI is InChI=1S/C23H13F3N2O5S/c24-23(25,26)19-17(20(29)28(27-19)15-7-5-14(6-8-15)21(30)31)12-13-3-9-16(10-4-13)33-22(32)18-2-1-11-34-18/h1-12H,(H,30,31). The number of carboxylic acid groups (broad SMARTS) is 1. The van der Waals surface area contributed by atoms with Gasteiger partial charge in [-0.05, 0) is 59.5 Å². The highest BCUT2D eigenvalue weighted by atomic mass is 32.1. The predicted molar refractivity (Wildman–Crippen MR) is 118 cm³/mol. The van der Waals surface area contributed by atoms with Crippen molar-refractivity contribution in [1.82, 2.24) is 0 Å². The SMILES string of the molecule is O=C(O)c1ccc(N2N=C(C(F)(F)F)C(=Cc3ccc(OC(=O)c4cccs4)cc3)C2=O)cc1. The Morgan fingerprint density at radius 1 is 1.03 bits per heavy atom. The first-order valence-corrected chi connectivity index (χ1v) is 10.4. The van der Waals surface area contributed by atoms with Crippen LogP contribution >= 0.6 is 11.3 Å². The molecule has 0 saturated heterocycles. The molecule has 1 aliphatic heterocycles. The molecule has 11 heteroatoms. The van der Waals surface area contributed by atoms with Crippen molar-refractivity contribution >= 4 is 46.7 Å². The van der Waals surface area contributed by atoms with E-state index < -0.39 is 35.3 Å².